The van der Waals surface area contributed by atoms with Gasteiger partial charge in [-0.3, -0.25) is 9.59 Å². The lowest BCUT2D eigenvalue weighted by Crippen LogP contribution is -2.30. The van der Waals surface area contributed by atoms with E-state index in [1.807, 2.05) is 37.3 Å². The Labute approximate surface area is 163 Å². The second-order valence-corrected chi connectivity index (χ2v) is 7.44. The van der Waals surface area contributed by atoms with Gasteiger partial charge >= 0.3 is 0 Å². The molecule has 1 N–H and O–H groups in total. The highest BCUT2D eigenvalue weighted by Crippen LogP contribution is 2.24. The molecular formula is C20H20Cl2N2O2. The number of rotatable bonds is 5. The van der Waals surface area contributed by atoms with E-state index in [1.165, 1.54) is 0 Å². The van der Waals surface area contributed by atoms with Crippen LogP contribution in [-0.4, -0.2) is 29.8 Å². The van der Waals surface area contributed by atoms with Crippen LogP contribution in [0, 0.1) is 12.8 Å². The van der Waals surface area contributed by atoms with E-state index in [1.54, 1.807) is 17.0 Å². The molecule has 1 saturated heterocycles. The van der Waals surface area contributed by atoms with Gasteiger partial charge in [0.15, 0.2) is 0 Å². The van der Waals surface area contributed by atoms with Crippen molar-refractivity contribution < 1.29 is 9.59 Å². The Morgan fingerprint density at radius 1 is 1.19 bits per heavy atom. The standard InChI is InChI=1S/C20H20Cl2N2O2/c1-13-5-6-17(22)11-18(13)23-20(26)15-10-19(25)24(12-15)8-7-14-3-2-4-16(21)9-14/h2-6,9,11,15H,7-8,10,12H2,1H3,(H,23,26). The Balaban J connectivity index is 1.58. The van der Waals surface area contributed by atoms with Crippen LogP contribution in [0.2, 0.25) is 10.0 Å². The minimum atomic E-state index is -0.347. The molecule has 0 aromatic heterocycles. The minimum Gasteiger partial charge on any atom is -0.342 e. The van der Waals surface area contributed by atoms with Crippen molar-refractivity contribution in [2.24, 2.45) is 5.92 Å². The fourth-order valence-electron chi connectivity index (χ4n) is 3.08. The van der Waals surface area contributed by atoms with Crippen LogP contribution in [0.4, 0.5) is 5.69 Å². The number of aryl methyl sites for hydroxylation is 1. The second-order valence-electron chi connectivity index (χ2n) is 6.57. The average Bonchev–Trinajstić information content (AvgIpc) is 2.97. The van der Waals surface area contributed by atoms with Crippen LogP contribution in [-0.2, 0) is 16.0 Å². The van der Waals surface area contributed by atoms with Crippen LogP contribution in [0.3, 0.4) is 0 Å². The van der Waals surface area contributed by atoms with E-state index in [0.717, 1.165) is 11.1 Å². The second kappa shape index (κ2) is 8.11. The highest BCUT2D eigenvalue weighted by Gasteiger charge is 2.34. The topological polar surface area (TPSA) is 49.4 Å². The molecular weight excluding hydrogens is 371 g/mol. The van der Waals surface area contributed by atoms with Crippen LogP contribution in [0.1, 0.15) is 17.5 Å². The van der Waals surface area contributed by atoms with Crippen molar-refractivity contribution in [3.05, 3.63) is 63.6 Å². The molecule has 136 valence electrons. The predicted octanol–water partition coefficient (Wildman–Crippen LogP) is 4.33. The van der Waals surface area contributed by atoms with E-state index in [2.05, 4.69) is 5.32 Å². The molecule has 2 aromatic carbocycles. The van der Waals surface area contributed by atoms with Crippen LogP contribution in [0.15, 0.2) is 42.5 Å². The summed E-state index contributed by atoms with van der Waals surface area (Å²) in [6.07, 6.45) is 0.953. The van der Waals surface area contributed by atoms with Gasteiger partial charge in [0.2, 0.25) is 11.8 Å². The number of likely N-dealkylation sites (tertiary alicyclic amines) is 1. The number of nitrogens with one attached hydrogen (secondary N) is 1. The van der Waals surface area contributed by atoms with Gasteiger partial charge in [-0.2, -0.15) is 0 Å². The molecule has 1 atom stereocenters. The summed E-state index contributed by atoms with van der Waals surface area (Å²) < 4.78 is 0. The largest absolute Gasteiger partial charge is 0.342 e. The third kappa shape index (κ3) is 4.57. The number of anilines is 1. The minimum absolute atomic E-state index is 0.00925. The maximum absolute atomic E-state index is 12.5. The molecule has 0 aliphatic carbocycles. The lowest BCUT2D eigenvalue weighted by Gasteiger charge is -2.17. The first-order valence-corrected chi connectivity index (χ1v) is 9.27. The van der Waals surface area contributed by atoms with Gasteiger partial charge in [-0.1, -0.05) is 41.4 Å². The van der Waals surface area contributed by atoms with Crippen LogP contribution >= 0.6 is 23.2 Å². The molecule has 0 radical (unpaired) electrons. The third-order valence-corrected chi connectivity index (χ3v) is 5.07. The van der Waals surface area contributed by atoms with Gasteiger partial charge in [0.1, 0.15) is 0 Å². The van der Waals surface area contributed by atoms with Gasteiger partial charge < -0.3 is 10.2 Å². The Morgan fingerprint density at radius 2 is 1.96 bits per heavy atom. The van der Waals surface area contributed by atoms with E-state index >= 15 is 0 Å². The lowest BCUT2D eigenvalue weighted by atomic mass is 10.1. The van der Waals surface area contributed by atoms with Crippen LogP contribution in [0.25, 0.3) is 0 Å². The third-order valence-electron chi connectivity index (χ3n) is 4.60. The number of benzene rings is 2. The number of halogens is 2. The zero-order valence-corrected chi connectivity index (χ0v) is 16.0. The van der Waals surface area contributed by atoms with Crippen molar-refractivity contribution in [2.45, 2.75) is 19.8 Å². The first-order chi connectivity index (χ1) is 12.4. The zero-order valence-electron chi connectivity index (χ0n) is 14.5. The summed E-state index contributed by atoms with van der Waals surface area (Å²) in [4.78, 5) is 26.5. The molecule has 26 heavy (non-hydrogen) atoms. The Morgan fingerprint density at radius 3 is 2.73 bits per heavy atom. The highest BCUT2D eigenvalue weighted by molar-refractivity contribution is 6.31. The molecule has 0 saturated carbocycles. The number of carbonyl (C=O) groups excluding carboxylic acids is 2. The monoisotopic (exact) mass is 390 g/mol. The van der Waals surface area contributed by atoms with Gasteiger partial charge in [0, 0.05) is 35.2 Å². The van der Waals surface area contributed by atoms with E-state index in [0.29, 0.717) is 35.2 Å². The van der Waals surface area contributed by atoms with Gasteiger partial charge in [-0.05, 0) is 48.7 Å². The molecule has 0 bridgehead atoms. The number of amides is 2. The number of carbonyl (C=O) groups is 2. The number of hydrogen-bond acceptors (Lipinski definition) is 2. The summed E-state index contributed by atoms with van der Waals surface area (Å²) in [6.45, 7) is 2.92. The summed E-state index contributed by atoms with van der Waals surface area (Å²) in [5.74, 6) is -0.482. The Kier molecular flexibility index (Phi) is 5.84. The molecule has 0 spiro atoms. The summed E-state index contributed by atoms with van der Waals surface area (Å²) >= 11 is 12.0. The SMILES string of the molecule is Cc1ccc(Cl)cc1NC(=O)C1CC(=O)N(CCc2cccc(Cl)c2)C1. The van der Waals surface area contributed by atoms with E-state index in [-0.39, 0.29) is 24.2 Å². The molecule has 3 rings (SSSR count). The van der Waals surface area contributed by atoms with Crippen molar-refractivity contribution >= 4 is 40.7 Å². The fourth-order valence-corrected chi connectivity index (χ4v) is 3.47. The van der Waals surface area contributed by atoms with E-state index < -0.39 is 0 Å². The van der Waals surface area contributed by atoms with Crippen molar-refractivity contribution in [3.8, 4) is 0 Å². The molecule has 1 aliphatic heterocycles. The van der Waals surface area contributed by atoms with Gasteiger partial charge in [0.25, 0.3) is 0 Å². The van der Waals surface area contributed by atoms with Gasteiger partial charge in [-0.15, -0.1) is 0 Å². The van der Waals surface area contributed by atoms with Gasteiger partial charge in [-0.25, -0.2) is 0 Å². The van der Waals surface area contributed by atoms with Crippen molar-refractivity contribution in [1.82, 2.24) is 4.90 Å². The highest BCUT2D eigenvalue weighted by atomic mass is 35.5. The molecule has 1 aliphatic rings. The summed E-state index contributed by atoms with van der Waals surface area (Å²) in [5, 5.41) is 4.15. The first kappa shape index (κ1) is 18.7. The van der Waals surface area contributed by atoms with Crippen LogP contribution in [0.5, 0.6) is 0 Å². The zero-order chi connectivity index (χ0) is 18.7. The Hall–Kier alpha value is -2.04. The van der Waals surface area contributed by atoms with Crippen LogP contribution < -0.4 is 5.32 Å². The fraction of sp³-hybridized carbons (Fsp3) is 0.300. The summed E-state index contributed by atoms with van der Waals surface area (Å²) in [6, 6.07) is 13.0. The smallest absolute Gasteiger partial charge is 0.229 e. The maximum atomic E-state index is 12.5. The molecule has 2 amide bonds. The van der Waals surface area contributed by atoms with Gasteiger partial charge in [0.05, 0.1) is 5.92 Å². The lowest BCUT2D eigenvalue weighted by molar-refractivity contribution is -0.128. The Bertz CT molecular complexity index is 838. The molecule has 1 unspecified atom stereocenters. The normalized spacial score (nSPS) is 16.8. The van der Waals surface area contributed by atoms with Crippen molar-refractivity contribution in [1.29, 1.82) is 0 Å². The molecule has 1 fully saturated rings. The summed E-state index contributed by atoms with van der Waals surface area (Å²) in [5.41, 5.74) is 2.70. The molecule has 1 heterocycles. The first-order valence-electron chi connectivity index (χ1n) is 8.51. The average molecular weight is 391 g/mol. The maximum Gasteiger partial charge on any atom is 0.229 e. The van der Waals surface area contributed by atoms with E-state index in [4.69, 9.17) is 23.2 Å². The molecule has 4 nitrogen and oxygen atoms in total. The van der Waals surface area contributed by atoms with E-state index in [9.17, 15) is 9.59 Å². The quantitative estimate of drug-likeness (QED) is 0.825. The number of hydrogen-bond donors (Lipinski definition) is 1. The number of nitrogens with zero attached hydrogens (tertiary/aromatic N) is 1. The molecule has 2 aromatic rings. The van der Waals surface area contributed by atoms with Crippen molar-refractivity contribution in [2.75, 3.05) is 18.4 Å². The van der Waals surface area contributed by atoms with Crippen molar-refractivity contribution in [3.63, 3.8) is 0 Å². The predicted molar refractivity (Wildman–Crippen MR) is 105 cm³/mol. The molecule has 6 heteroatoms. The summed E-state index contributed by atoms with van der Waals surface area (Å²) in [7, 11) is 0.